The van der Waals surface area contributed by atoms with E-state index >= 15 is 0 Å². The SMILES string of the molecule is CC(C)c1ccc(N(c2ccc(C#N)cc2)c2cc3c(c4oc5ccccc5c24)-c2c(cc(N(c4ccc(C#N)cc4)c4ccc(C(C)C)cc4)c4c2oc2ccccc24)C3(c2ccccc2)c2ccccc2)cc1. The maximum absolute atomic E-state index is 10.0. The summed E-state index contributed by atoms with van der Waals surface area (Å²) in [5.41, 5.74) is 17.5. The van der Waals surface area contributed by atoms with E-state index in [1.54, 1.807) is 0 Å². The standard InChI is InChI=1S/C69H50N4O2/c1-43(2)47-27-35-53(36-28-47)72(51-31-23-45(41-70)24-32-51)59-39-57-65(67-63(59)55-19-11-13-21-61(55)74-67)66-58(69(57,49-15-7-5-8-16-49)50-17-9-6-10-18-50)40-60(64-56-20-12-14-22-62(56)75-68(64)66)73(52-33-25-46(42-71)26-34-52)54-37-29-48(30-38-54)44(3)4/h5-40,43-44H,1-4H3. The second kappa shape index (κ2) is 17.8. The fourth-order valence-electron chi connectivity index (χ4n) is 11.8. The maximum atomic E-state index is 10.0. The van der Waals surface area contributed by atoms with Crippen molar-refractivity contribution in [1.29, 1.82) is 10.5 Å². The summed E-state index contributed by atoms with van der Waals surface area (Å²) in [6, 6.07) is 81.4. The molecule has 0 amide bonds. The molecule has 0 unspecified atom stereocenters. The number of benzene rings is 10. The summed E-state index contributed by atoms with van der Waals surface area (Å²) in [6.07, 6.45) is 0. The zero-order chi connectivity index (χ0) is 51.0. The molecular weight excluding hydrogens is 917 g/mol. The Morgan fingerprint density at radius 1 is 0.400 bits per heavy atom. The Hall–Kier alpha value is -9.62. The molecule has 2 heterocycles. The van der Waals surface area contributed by atoms with E-state index in [0.29, 0.717) is 23.0 Å². The molecule has 13 rings (SSSR count). The number of anilines is 6. The van der Waals surface area contributed by atoms with Crippen molar-refractivity contribution in [2.75, 3.05) is 9.80 Å². The minimum atomic E-state index is -0.952. The smallest absolute Gasteiger partial charge is 0.145 e. The van der Waals surface area contributed by atoms with Crippen molar-refractivity contribution in [2.24, 2.45) is 0 Å². The zero-order valence-corrected chi connectivity index (χ0v) is 42.0. The molecule has 75 heavy (non-hydrogen) atoms. The third-order valence-electron chi connectivity index (χ3n) is 15.4. The average molecular weight is 967 g/mol. The molecule has 12 aromatic rings. The Labute approximate surface area is 436 Å². The first-order valence-electron chi connectivity index (χ1n) is 25.7. The molecule has 0 saturated carbocycles. The van der Waals surface area contributed by atoms with E-state index in [1.807, 2.05) is 60.7 Å². The number of hydrogen-bond donors (Lipinski definition) is 0. The summed E-state index contributed by atoms with van der Waals surface area (Å²) < 4.78 is 14.8. The third-order valence-corrected chi connectivity index (χ3v) is 15.4. The fourth-order valence-corrected chi connectivity index (χ4v) is 11.8. The lowest BCUT2D eigenvalue weighted by Crippen LogP contribution is -2.29. The van der Waals surface area contributed by atoms with Crippen LogP contribution in [0.1, 0.15) is 84.0 Å². The summed E-state index contributed by atoms with van der Waals surface area (Å²) in [7, 11) is 0. The summed E-state index contributed by atoms with van der Waals surface area (Å²) in [5.74, 6) is 0.685. The molecule has 0 spiro atoms. The van der Waals surface area contributed by atoms with Crippen LogP contribution in [0.15, 0.2) is 227 Å². The highest BCUT2D eigenvalue weighted by Crippen LogP contribution is 2.64. The Bertz CT molecular complexity index is 3960. The first-order chi connectivity index (χ1) is 36.8. The van der Waals surface area contributed by atoms with Gasteiger partial charge in [0.2, 0.25) is 0 Å². The molecule has 358 valence electrons. The van der Waals surface area contributed by atoms with Crippen LogP contribution in [0, 0.1) is 22.7 Å². The van der Waals surface area contributed by atoms with Gasteiger partial charge in [0, 0.05) is 44.6 Å². The van der Waals surface area contributed by atoms with Crippen LogP contribution in [0.25, 0.3) is 55.0 Å². The number of hydrogen-bond acceptors (Lipinski definition) is 6. The van der Waals surface area contributed by atoms with Crippen LogP contribution in [0.5, 0.6) is 0 Å². The minimum Gasteiger partial charge on any atom is -0.455 e. The lowest BCUT2D eigenvalue weighted by atomic mass is 9.67. The number of para-hydroxylation sites is 2. The summed E-state index contributed by atoms with van der Waals surface area (Å²) in [5, 5.41) is 24.0. The molecule has 0 radical (unpaired) electrons. The summed E-state index contributed by atoms with van der Waals surface area (Å²) >= 11 is 0. The number of fused-ring (bicyclic) bond motifs is 11. The van der Waals surface area contributed by atoms with Crippen molar-refractivity contribution in [2.45, 2.75) is 44.9 Å². The van der Waals surface area contributed by atoms with Crippen LogP contribution in [0.4, 0.5) is 34.1 Å². The van der Waals surface area contributed by atoms with Crippen LogP contribution in [0.2, 0.25) is 0 Å². The molecule has 0 N–H and O–H groups in total. The van der Waals surface area contributed by atoms with Crippen molar-refractivity contribution >= 4 is 78.0 Å². The molecule has 0 saturated heterocycles. The normalized spacial score (nSPS) is 12.6. The first kappa shape index (κ1) is 45.3. The van der Waals surface area contributed by atoms with Crippen molar-refractivity contribution < 1.29 is 8.83 Å². The molecule has 1 aliphatic carbocycles. The van der Waals surface area contributed by atoms with Gasteiger partial charge < -0.3 is 18.6 Å². The van der Waals surface area contributed by atoms with Crippen LogP contribution in [-0.2, 0) is 5.41 Å². The molecule has 0 aliphatic heterocycles. The van der Waals surface area contributed by atoms with Gasteiger partial charge in [0.1, 0.15) is 22.3 Å². The highest BCUT2D eigenvalue weighted by molar-refractivity contribution is 6.25. The lowest BCUT2D eigenvalue weighted by molar-refractivity contribution is 0.665. The van der Waals surface area contributed by atoms with Crippen molar-refractivity contribution in [3.05, 3.63) is 263 Å². The molecule has 0 fully saturated rings. The summed E-state index contributed by atoms with van der Waals surface area (Å²) in [6.45, 7) is 8.87. The average Bonchev–Trinajstić information content (AvgIpc) is 4.35. The minimum absolute atomic E-state index is 0.343. The summed E-state index contributed by atoms with van der Waals surface area (Å²) in [4.78, 5) is 4.66. The van der Waals surface area contributed by atoms with Gasteiger partial charge in [-0.2, -0.15) is 10.5 Å². The largest absolute Gasteiger partial charge is 0.455 e. The Balaban J connectivity index is 1.23. The first-order valence-corrected chi connectivity index (χ1v) is 25.7. The van der Waals surface area contributed by atoms with Gasteiger partial charge in [0.15, 0.2) is 0 Å². The van der Waals surface area contributed by atoms with E-state index in [2.05, 4.69) is 207 Å². The second-order valence-electron chi connectivity index (χ2n) is 20.2. The molecule has 10 aromatic carbocycles. The van der Waals surface area contributed by atoms with Gasteiger partial charge in [-0.25, -0.2) is 0 Å². The maximum Gasteiger partial charge on any atom is 0.145 e. The molecule has 0 atom stereocenters. The van der Waals surface area contributed by atoms with E-state index in [1.165, 1.54) is 11.1 Å². The van der Waals surface area contributed by atoms with Crippen molar-refractivity contribution in [1.82, 2.24) is 0 Å². The van der Waals surface area contributed by atoms with E-state index in [0.717, 1.165) is 111 Å². The molecule has 6 nitrogen and oxygen atoms in total. The number of furan rings is 2. The quantitative estimate of drug-likeness (QED) is 0.136. The fraction of sp³-hybridized carbons (Fsp3) is 0.101. The molecule has 6 heteroatoms. The van der Waals surface area contributed by atoms with Crippen molar-refractivity contribution in [3.63, 3.8) is 0 Å². The highest BCUT2D eigenvalue weighted by atomic mass is 16.3. The number of rotatable bonds is 10. The molecular formula is C69H50N4O2. The molecule has 2 aromatic heterocycles. The van der Waals surface area contributed by atoms with Crippen LogP contribution < -0.4 is 9.80 Å². The number of nitrogens with zero attached hydrogens (tertiary/aromatic N) is 4. The Morgan fingerprint density at radius 2 is 0.733 bits per heavy atom. The Morgan fingerprint density at radius 3 is 1.08 bits per heavy atom. The van der Waals surface area contributed by atoms with E-state index in [-0.39, 0.29) is 0 Å². The van der Waals surface area contributed by atoms with Gasteiger partial charge >= 0.3 is 0 Å². The predicted molar refractivity (Wildman–Crippen MR) is 305 cm³/mol. The van der Waals surface area contributed by atoms with E-state index < -0.39 is 5.41 Å². The zero-order valence-electron chi connectivity index (χ0n) is 42.0. The number of nitriles is 2. The van der Waals surface area contributed by atoms with Gasteiger partial charge in [-0.05, 0) is 142 Å². The highest BCUT2D eigenvalue weighted by Gasteiger charge is 2.50. The topological polar surface area (TPSA) is 80.3 Å². The third kappa shape index (κ3) is 7.06. The van der Waals surface area contributed by atoms with Gasteiger partial charge in [-0.3, -0.25) is 0 Å². The molecule has 0 bridgehead atoms. The van der Waals surface area contributed by atoms with Crippen molar-refractivity contribution in [3.8, 4) is 23.3 Å². The van der Waals surface area contributed by atoms with Gasteiger partial charge in [0.05, 0.1) is 50.8 Å². The second-order valence-corrected chi connectivity index (χ2v) is 20.2. The van der Waals surface area contributed by atoms with Crippen LogP contribution in [-0.4, -0.2) is 0 Å². The lowest BCUT2D eigenvalue weighted by Gasteiger charge is -2.36. The van der Waals surface area contributed by atoms with Gasteiger partial charge in [-0.15, -0.1) is 0 Å². The van der Waals surface area contributed by atoms with Crippen LogP contribution in [0.3, 0.4) is 0 Å². The predicted octanol–water partition coefficient (Wildman–Crippen LogP) is 18.8. The molecule has 1 aliphatic rings. The van der Waals surface area contributed by atoms with Crippen LogP contribution >= 0.6 is 0 Å². The van der Waals surface area contributed by atoms with Gasteiger partial charge in [-0.1, -0.05) is 149 Å². The van der Waals surface area contributed by atoms with Gasteiger partial charge in [0.25, 0.3) is 0 Å². The van der Waals surface area contributed by atoms with E-state index in [4.69, 9.17) is 8.83 Å². The van der Waals surface area contributed by atoms with E-state index in [9.17, 15) is 10.5 Å². The monoisotopic (exact) mass is 966 g/mol. The Kier molecular flexibility index (Phi) is 10.8.